The monoisotopic (exact) mass is 413 g/mol. The van der Waals surface area contributed by atoms with Crippen LogP contribution in [0.15, 0.2) is 94.7 Å². The average Bonchev–Trinajstić information content (AvgIpc) is 2.79. The van der Waals surface area contributed by atoms with Crippen LogP contribution in [0.2, 0.25) is 0 Å². The molecule has 30 heavy (non-hydrogen) atoms. The Morgan fingerprint density at radius 3 is 2.23 bits per heavy atom. The summed E-state index contributed by atoms with van der Waals surface area (Å²) in [4.78, 5) is 31.9. The molecule has 0 unspecified atom stereocenters. The number of carbonyl (C=O) groups excluding carboxylic acids is 2. The highest BCUT2D eigenvalue weighted by molar-refractivity contribution is 7.99. The Labute approximate surface area is 178 Å². The molecule has 0 spiro atoms. The molecular weight excluding hydrogens is 394 g/mol. The van der Waals surface area contributed by atoms with Gasteiger partial charge in [0.05, 0.1) is 16.8 Å². The third-order valence-electron chi connectivity index (χ3n) is 4.61. The van der Waals surface area contributed by atoms with Gasteiger partial charge in [0.15, 0.2) is 12.4 Å². The molecule has 0 saturated heterocycles. The minimum atomic E-state index is -0.528. The van der Waals surface area contributed by atoms with Crippen LogP contribution in [0.4, 0.5) is 0 Å². The molecule has 0 radical (unpaired) electrons. The summed E-state index contributed by atoms with van der Waals surface area (Å²) >= 11 is 1.47. The van der Waals surface area contributed by atoms with Crippen LogP contribution < -0.4 is 0 Å². The number of ether oxygens (including phenoxy) is 1. The molecule has 3 aromatic carbocycles. The Morgan fingerprint density at radius 1 is 0.867 bits per heavy atom. The molecule has 0 aliphatic rings. The van der Waals surface area contributed by atoms with Crippen LogP contribution in [0.3, 0.4) is 0 Å². The minimum absolute atomic E-state index is 0.240. The van der Waals surface area contributed by atoms with Crippen LogP contribution in [0.5, 0.6) is 0 Å². The van der Waals surface area contributed by atoms with Crippen molar-refractivity contribution in [2.75, 3.05) is 6.61 Å². The maximum absolute atomic E-state index is 13.1. The van der Waals surface area contributed by atoms with Crippen molar-refractivity contribution in [3.8, 4) is 0 Å². The number of pyridine rings is 1. The summed E-state index contributed by atoms with van der Waals surface area (Å²) < 4.78 is 5.46. The molecule has 4 aromatic rings. The van der Waals surface area contributed by atoms with Crippen molar-refractivity contribution in [2.45, 2.75) is 16.7 Å². The number of hydrogen-bond acceptors (Lipinski definition) is 5. The van der Waals surface area contributed by atoms with Crippen molar-refractivity contribution in [1.29, 1.82) is 0 Å². The standard InChI is InChI=1S/C25H19NO3S/c1-17-24(30-19-12-6-3-7-13-19)23(20-14-8-9-15-21(20)26-17)25(28)29-16-22(27)18-10-4-2-5-11-18/h2-15H,16H2,1H3. The molecule has 4 rings (SSSR count). The fourth-order valence-corrected chi connectivity index (χ4v) is 4.18. The van der Waals surface area contributed by atoms with Gasteiger partial charge in [0.1, 0.15) is 0 Å². The predicted molar refractivity (Wildman–Crippen MR) is 118 cm³/mol. The fraction of sp³-hybridized carbons (Fsp3) is 0.0800. The Bertz CT molecular complexity index is 1210. The van der Waals surface area contributed by atoms with E-state index in [4.69, 9.17) is 4.74 Å². The number of Topliss-reactive ketones (excluding diaryl/α,β-unsaturated/α-hetero) is 1. The molecule has 0 aliphatic heterocycles. The Morgan fingerprint density at radius 2 is 1.50 bits per heavy atom. The third kappa shape index (κ3) is 4.26. The van der Waals surface area contributed by atoms with E-state index >= 15 is 0 Å². The molecule has 5 heteroatoms. The molecule has 1 aromatic heterocycles. The zero-order chi connectivity index (χ0) is 20.9. The molecule has 0 saturated carbocycles. The first kappa shape index (κ1) is 19.9. The number of carbonyl (C=O) groups is 2. The van der Waals surface area contributed by atoms with Gasteiger partial charge in [-0.3, -0.25) is 9.78 Å². The van der Waals surface area contributed by atoms with Gasteiger partial charge in [-0.05, 0) is 25.1 Å². The van der Waals surface area contributed by atoms with Gasteiger partial charge < -0.3 is 4.74 Å². The number of hydrogen-bond donors (Lipinski definition) is 0. The highest BCUT2D eigenvalue weighted by atomic mass is 32.2. The number of rotatable bonds is 6. The molecular formula is C25H19NO3S. The Hall–Kier alpha value is -3.44. The molecule has 0 atom stereocenters. The van der Waals surface area contributed by atoms with E-state index in [1.807, 2.05) is 67.6 Å². The van der Waals surface area contributed by atoms with E-state index in [-0.39, 0.29) is 12.4 Å². The lowest BCUT2D eigenvalue weighted by molar-refractivity contribution is 0.0473. The maximum atomic E-state index is 13.1. The van der Waals surface area contributed by atoms with E-state index in [0.29, 0.717) is 22.0 Å². The van der Waals surface area contributed by atoms with Crippen molar-refractivity contribution in [1.82, 2.24) is 4.98 Å². The van der Waals surface area contributed by atoms with Crippen LogP contribution >= 0.6 is 11.8 Å². The van der Waals surface area contributed by atoms with Crippen LogP contribution in [0.25, 0.3) is 10.9 Å². The highest BCUT2D eigenvalue weighted by Crippen LogP contribution is 2.36. The number of fused-ring (bicyclic) bond motifs is 1. The second-order valence-corrected chi connectivity index (χ2v) is 7.78. The number of ketones is 1. The lowest BCUT2D eigenvalue weighted by Crippen LogP contribution is -2.16. The van der Waals surface area contributed by atoms with Crippen LogP contribution in [-0.4, -0.2) is 23.3 Å². The molecule has 0 amide bonds. The predicted octanol–water partition coefficient (Wildman–Crippen LogP) is 5.73. The second-order valence-electron chi connectivity index (χ2n) is 6.70. The molecule has 0 aliphatic carbocycles. The van der Waals surface area contributed by atoms with Crippen molar-refractivity contribution in [3.05, 3.63) is 102 Å². The molecule has 0 bridgehead atoms. The summed E-state index contributed by atoms with van der Waals surface area (Å²) in [5, 5.41) is 0.707. The van der Waals surface area contributed by atoms with Crippen LogP contribution in [0, 0.1) is 6.92 Å². The SMILES string of the molecule is Cc1nc2ccccc2c(C(=O)OCC(=O)c2ccccc2)c1Sc1ccccc1. The van der Waals surface area contributed by atoms with E-state index in [1.54, 1.807) is 24.3 Å². The number of aryl methyl sites for hydroxylation is 1. The zero-order valence-electron chi connectivity index (χ0n) is 16.4. The normalized spacial score (nSPS) is 10.7. The largest absolute Gasteiger partial charge is 0.454 e. The molecule has 0 N–H and O–H groups in total. The van der Waals surface area contributed by atoms with Gasteiger partial charge >= 0.3 is 5.97 Å². The van der Waals surface area contributed by atoms with Gasteiger partial charge in [-0.2, -0.15) is 0 Å². The van der Waals surface area contributed by atoms with Crippen molar-refractivity contribution < 1.29 is 14.3 Å². The van der Waals surface area contributed by atoms with Crippen LogP contribution in [-0.2, 0) is 4.74 Å². The van der Waals surface area contributed by atoms with Gasteiger partial charge in [0.25, 0.3) is 0 Å². The minimum Gasteiger partial charge on any atom is -0.454 e. The fourth-order valence-electron chi connectivity index (χ4n) is 3.16. The first-order valence-corrected chi connectivity index (χ1v) is 10.3. The Kier molecular flexibility index (Phi) is 5.91. The highest BCUT2D eigenvalue weighted by Gasteiger charge is 2.22. The lowest BCUT2D eigenvalue weighted by Gasteiger charge is -2.14. The summed E-state index contributed by atoms with van der Waals surface area (Å²) in [6.45, 7) is 1.57. The number of para-hydroxylation sites is 1. The van der Waals surface area contributed by atoms with E-state index in [9.17, 15) is 9.59 Å². The van der Waals surface area contributed by atoms with E-state index in [0.717, 1.165) is 15.5 Å². The molecule has 148 valence electrons. The average molecular weight is 413 g/mol. The van der Waals surface area contributed by atoms with Gasteiger partial charge in [-0.25, -0.2) is 4.79 Å². The van der Waals surface area contributed by atoms with Crippen LogP contribution in [0.1, 0.15) is 26.4 Å². The third-order valence-corrected chi connectivity index (χ3v) is 5.83. The van der Waals surface area contributed by atoms with E-state index in [2.05, 4.69) is 4.98 Å². The van der Waals surface area contributed by atoms with E-state index < -0.39 is 5.97 Å². The number of nitrogens with zero attached hydrogens (tertiary/aromatic N) is 1. The van der Waals surface area contributed by atoms with E-state index in [1.165, 1.54) is 11.8 Å². The summed E-state index contributed by atoms with van der Waals surface area (Å²) in [5.41, 5.74) is 2.41. The lowest BCUT2D eigenvalue weighted by atomic mass is 10.1. The van der Waals surface area contributed by atoms with Gasteiger partial charge in [-0.1, -0.05) is 78.5 Å². The number of esters is 1. The topological polar surface area (TPSA) is 56.3 Å². The second kappa shape index (κ2) is 8.93. The smallest absolute Gasteiger partial charge is 0.340 e. The first-order chi connectivity index (χ1) is 14.6. The quantitative estimate of drug-likeness (QED) is 0.298. The van der Waals surface area contributed by atoms with Crippen molar-refractivity contribution >= 4 is 34.4 Å². The first-order valence-electron chi connectivity index (χ1n) is 9.51. The molecule has 4 nitrogen and oxygen atoms in total. The maximum Gasteiger partial charge on any atom is 0.340 e. The van der Waals surface area contributed by atoms with Crippen molar-refractivity contribution in [2.24, 2.45) is 0 Å². The van der Waals surface area contributed by atoms with Gasteiger partial charge in [0, 0.05) is 20.7 Å². The molecule has 1 heterocycles. The summed E-state index contributed by atoms with van der Waals surface area (Å²) in [5.74, 6) is -0.768. The summed E-state index contributed by atoms with van der Waals surface area (Å²) in [7, 11) is 0. The zero-order valence-corrected chi connectivity index (χ0v) is 17.2. The summed E-state index contributed by atoms with van der Waals surface area (Å²) in [6, 6.07) is 26.1. The number of aromatic nitrogens is 1. The van der Waals surface area contributed by atoms with Crippen molar-refractivity contribution in [3.63, 3.8) is 0 Å². The Balaban J connectivity index is 1.69. The number of benzene rings is 3. The van der Waals surface area contributed by atoms with Gasteiger partial charge in [-0.15, -0.1) is 0 Å². The molecule has 0 fully saturated rings. The summed E-state index contributed by atoms with van der Waals surface area (Å²) in [6.07, 6.45) is 0. The van der Waals surface area contributed by atoms with Gasteiger partial charge in [0.2, 0.25) is 0 Å².